The summed E-state index contributed by atoms with van der Waals surface area (Å²) in [5, 5.41) is 17.6. The molecule has 0 aliphatic heterocycles. The van der Waals surface area contributed by atoms with E-state index in [1.54, 1.807) is 24.3 Å². The fraction of sp³-hybridized carbons (Fsp3) is 0.167. The molecular weight excluding hydrogens is 206 g/mol. The van der Waals surface area contributed by atoms with E-state index < -0.39 is 11.5 Å². The summed E-state index contributed by atoms with van der Waals surface area (Å²) in [5.41, 5.74) is 1.16. The predicted octanol–water partition coefficient (Wildman–Crippen LogP) is 1.96. The molecule has 1 rings (SSSR count). The highest BCUT2D eigenvalue weighted by Gasteiger charge is 2.16. The summed E-state index contributed by atoms with van der Waals surface area (Å²) >= 11 is 0. The molecule has 0 radical (unpaired) electrons. The Kier molecular flexibility index (Phi) is 3.67. The molecule has 0 aliphatic carbocycles. The second-order valence-corrected chi connectivity index (χ2v) is 3.19. The van der Waals surface area contributed by atoms with Gasteiger partial charge in [-0.1, -0.05) is 23.8 Å². The van der Waals surface area contributed by atoms with Crippen molar-refractivity contribution in [3.63, 3.8) is 0 Å². The van der Waals surface area contributed by atoms with Gasteiger partial charge in [-0.3, -0.25) is 0 Å². The van der Waals surface area contributed by atoms with E-state index in [0.29, 0.717) is 5.56 Å². The average molecular weight is 217 g/mol. The lowest BCUT2D eigenvalue weighted by molar-refractivity contribution is -0.132. The standard InChI is InChI=1S/C12H11NO3/c1-8-4-3-5-9(6-8)11(16-2)10(7-13)12(14)15/h3-6H,1-2H3,(H,14,15). The van der Waals surface area contributed by atoms with Crippen LogP contribution >= 0.6 is 0 Å². The minimum absolute atomic E-state index is 0.0821. The maximum atomic E-state index is 10.8. The molecule has 1 aromatic rings. The number of carboxylic acid groups (broad SMARTS) is 1. The maximum absolute atomic E-state index is 10.8. The number of nitrogens with zero attached hydrogens (tertiary/aromatic N) is 1. The minimum Gasteiger partial charge on any atom is -0.494 e. The molecular formula is C12H11NO3. The maximum Gasteiger partial charge on any atom is 0.350 e. The highest BCUT2D eigenvalue weighted by atomic mass is 16.5. The first-order valence-electron chi connectivity index (χ1n) is 4.59. The summed E-state index contributed by atoms with van der Waals surface area (Å²) < 4.78 is 4.98. The number of aryl methyl sites for hydroxylation is 1. The summed E-state index contributed by atoms with van der Waals surface area (Å²) in [6.45, 7) is 1.88. The van der Waals surface area contributed by atoms with Crippen molar-refractivity contribution in [1.82, 2.24) is 0 Å². The van der Waals surface area contributed by atoms with E-state index in [9.17, 15) is 4.79 Å². The first kappa shape index (κ1) is 11.8. The lowest BCUT2D eigenvalue weighted by atomic mass is 10.1. The Morgan fingerprint density at radius 1 is 1.50 bits per heavy atom. The monoisotopic (exact) mass is 217 g/mol. The van der Waals surface area contributed by atoms with Crippen LogP contribution in [0.2, 0.25) is 0 Å². The SMILES string of the molecule is COC(=C(C#N)C(=O)O)c1cccc(C)c1. The molecule has 4 nitrogen and oxygen atoms in total. The van der Waals surface area contributed by atoms with Crippen LogP contribution < -0.4 is 0 Å². The fourth-order valence-corrected chi connectivity index (χ4v) is 1.35. The van der Waals surface area contributed by atoms with Gasteiger partial charge in [-0.15, -0.1) is 0 Å². The minimum atomic E-state index is -1.29. The zero-order valence-electron chi connectivity index (χ0n) is 9.02. The van der Waals surface area contributed by atoms with E-state index in [4.69, 9.17) is 15.1 Å². The molecule has 0 aliphatic rings. The number of rotatable bonds is 3. The Balaban J connectivity index is 3.37. The molecule has 0 amide bonds. The Morgan fingerprint density at radius 2 is 2.19 bits per heavy atom. The molecule has 0 fully saturated rings. The summed E-state index contributed by atoms with van der Waals surface area (Å²) in [6, 6.07) is 8.75. The zero-order valence-corrected chi connectivity index (χ0v) is 9.02. The molecule has 0 bridgehead atoms. The normalized spacial score (nSPS) is 11.3. The van der Waals surface area contributed by atoms with Crippen molar-refractivity contribution < 1.29 is 14.6 Å². The van der Waals surface area contributed by atoms with Gasteiger partial charge in [-0.25, -0.2) is 4.79 Å². The fourth-order valence-electron chi connectivity index (χ4n) is 1.35. The molecule has 1 N–H and O–H groups in total. The third kappa shape index (κ3) is 2.39. The molecule has 0 spiro atoms. The third-order valence-corrected chi connectivity index (χ3v) is 2.04. The van der Waals surface area contributed by atoms with E-state index in [-0.39, 0.29) is 5.76 Å². The summed E-state index contributed by atoms with van der Waals surface area (Å²) in [4.78, 5) is 10.8. The van der Waals surface area contributed by atoms with Crippen LogP contribution in [0.3, 0.4) is 0 Å². The number of methoxy groups -OCH3 is 1. The molecule has 0 heterocycles. The van der Waals surface area contributed by atoms with Crippen LogP contribution in [0.25, 0.3) is 5.76 Å². The molecule has 4 heteroatoms. The van der Waals surface area contributed by atoms with Gasteiger partial charge in [-0.2, -0.15) is 5.26 Å². The number of hydrogen-bond acceptors (Lipinski definition) is 3. The van der Waals surface area contributed by atoms with Gasteiger partial charge in [0, 0.05) is 5.56 Å². The molecule has 0 unspecified atom stereocenters. The Bertz CT molecular complexity index is 483. The number of nitriles is 1. The molecule has 0 atom stereocenters. The van der Waals surface area contributed by atoms with Crippen LogP contribution in [0.1, 0.15) is 11.1 Å². The van der Waals surface area contributed by atoms with Crippen LogP contribution in [0.15, 0.2) is 29.8 Å². The van der Waals surface area contributed by atoms with Crippen LogP contribution in [0.4, 0.5) is 0 Å². The second-order valence-electron chi connectivity index (χ2n) is 3.19. The lowest BCUT2D eigenvalue weighted by Crippen LogP contribution is -2.04. The second kappa shape index (κ2) is 4.99. The van der Waals surface area contributed by atoms with Crippen molar-refractivity contribution >= 4 is 11.7 Å². The van der Waals surface area contributed by atoms with Crippen molar-refractivity contribution in [2.24, 2.45) is 0 Å². The highest BCUT2D eigenvalue weighted by molar-refractivity contribution is 5.99. The third-order valence-electron chi connectivity index (χ3n) is 2.04. The van der Waals surface area contributed by atoms with Crippen molar-refractivity contribution in [1.29, 1.82) is 5.26 Å². The molecule has 1 aromatic carbocycles. The average Bonchev–Trinajstić information content (AvgIpc) is 2.25. The van der Waals surface area contributed by atoms with Crippen molar-refractivity contribution in [3.8, 4) is 6.07 Å². The van der Waals surface area contributed by atoms with E-state index in [1.807, 2.05) is 13.0 Å². The molecule has 0 aromatic heterocycles. The van der Waals surface area contributed by atoms with Gasteiger partial charge in [0.1, 0.15) is 6.07 Å². The van der Waals surface area contributed by atoms with Gasteiger partial charge in [0.15, 0.2) is 11.3 Å². The van der Waals surface area contributed by atoms with Crippen LogP contribution in [0, 0.1) is 18.3 Å². The predicted molar refractivity (Wildman–Crippen MR) is 58.4 cm³/mol. The van der Waals surface area contributed by atoms with Gasteiger partial charge in [0.05, 0.1) is 7.11 Å². The largest absolute Gasteiger partial charge is 0.494 e. The molecule has 82 valence electrons. The molecule has 0 saturated heterocycles. The quantitative estimate of drug-likeness (QED) is 0.477. The Labute approximate surface area is 93.4 Å². The number of ether oxygens (including phenoxy) is 1. The number of carboxylic acids is 1. The topological polar surface area (TPSA) is 70.3 Å². The molecule has 0 saturated carbocycles. The van der Waals surface area contributed by atoms with Crippen molar-refractivity contribution in [3.05, 3.63) is 41.0 Å². The highest BCUT2D eigenvalue weighted by Crippen LogP contribution is 2.20. The molecule has 16 heavy (non-hydrogen) atoms. The first-order chi connectivity index (χ1) is 7.60. The van der Waals surface area contributed by atoms with E-state index >= 15 is 0 Å². The number of aliphatic carboxylic acids is 1. The smallest absolute Gasteiger partial charge is 0.350 e. The number of hydrogen-bond donors (Lipinski definition) is 1. The van der Waals surface area contributed by atoms with Crippen molar-refractivity contribution in [2.45, 2.75) is 6.92 Å². The Morgan fingerprint density at radius 3 is 2.62 bits per heavy atom. The zero-order chi connectivity index (χ0) is 12.1. The summed E-state index contributed by atoms with van der Waals surface area (Å²) in [6.07, 6.45) is 0. The van der Waals surface area contributed by atoms with Gasteiger partial charge in [0.25, 0.3) is 0 Å². The van der Waals surface area contributed by atoms with Crippen LogP contribution in [0.5, 0.6) is 0 Å². The number of benzene rings is 1. The summed E-state index contributed by atoms with van der Waals surface area (Å²) in [7, 11) is 1.35. The van der Waals surface area contributed by atoms with E-state index in [0.717, 1.165) is 5.56 Å². The van der Waals surface area contributed by atoms with E-state index in [2.05, 4.69) is 0 Å². The Hall–Kier alpha value is -2.28. The number of carbonyl (C=O) groups is 1. The summed E-state index contributed by atoms with van der Waals surface area (Å²) in [5.74, 6) is -1.21. The van der Waals surface area contributed by atoms with Gasteiger partial charge < -0.3 is 9.84 Å². The van der Waals surface area contributed by atoms with Crippen molar-refractivity contribution in [2.75, 3.05) is 7.11 Å². The van der Waals surface area contributed by atoms with Gasteiger partial charge >= 0.3 is 5.97 Å². The lowest BCUT2D eigenvalue weighted by Gasteiger charge is -2.07. The van der Waals surface area contributed by atoms with Crippen LogP contribution in [-0.2, 0) is 9.53 Å². The van der Waals surface area contributed by atoms with Crippen LogP contribution in [-0.4, -0.2) is 18.2 Å². The van der Waals surface area contributed by atoms with Gasteiger partial charge in [0.2, 0.25) is 0 Å². The first-order valence-corrected chi connectivity index (χ1v) is 4.59. The van der Waals surface area contributed by atoms with Gasteiger partial charge in [-0.05, 0) is 13.0 Å². The van der Waals surface area contributed by atoms with E-state index in [1.165, 1.54) is 7.11 Å².